The highest BCUT2D eigenvalue weighted by molar-refractivity contribution is 5.69. The van der Waals surface area contributed by atoms with E-state index in [0.29, 0.717) is 19.7 Å². The summed E-state index contributed by atoms with van der Waals surface area (Å²) < 4.78 is 11.1. The molecule has 1 atom stereocenters. The van der Waals surface area contributed by atoms with Gasteiger partial charge in [-0.15, -0.1) is 0 Å². The van der Waals surface area contributed by atoms with E-state index in [-0.39, 0.29) is 31.6 Å². The number of hydrogen-bond acceptors (Lipinski definition) is 5. The van der Waals surface area contributed by atoms with Crippen molar-refractivity contribution in [3.8, 4) is 0 Å². The average Bonchev–Trinajstić information content (AvgIpc) is 2.73. The molecule has 166 valence electrons. The fourth-order valence-electron chi connectivity index (χ4n) is 3.12. The molecule has 7 nitrogen and oxygen atoms in total. The Morgan fingerprint density at radius 1 is 1.03 bits per heavy atom. The van der Waals surface area contributed by atoms with E-state index in [1.165, 1.54) is 0 Å². The van der Waals surface area contributed by atoms with Crippen LogP contribution in [0.1, 0.15) is 38.3 Å². The first-order valence-corrected chi connectivity index (χ1v) is 10.5. The van der Waals surface area contributed by atoms with Crippen molar-refractivity contribution in [3.05, 3.63) is 82.2 Å². The highest BCUT2D eigenvalue weighted by Gasteiger charge is 2.20. The van der Waals surface area contributed by atoms with Gasteiger partial charge in [-0.2, -0.15) is 0 Å². The van der Waals surface area contributed by atoms with Gasteiger partial charge in [0.05, 0.1) is 19.6 Å². The second-order valence-corrected chi connectivity index (χ2v) is 8.35. The molecule has 31 heavy (non-hydrogen) atoms. The molecule has 0 fully saturated rings. The lowest BCUT2D eigenvalue weighted by molar-refractivity contribution is -0.156. The zero-order valence-electron chi connectivity index (χ0n) is 18.6. The van der Waals surface area contributed by atoms with Gasteiger partial charge in [0.25, 0.3) is 0 Å². The minimum atomic E-state index is -0.511. The Morgan fingerprint density at radius 3 is 2.06 bits per heavy atom. The van der Waals surface area contributed by atoms with Crippen LogP contribution in [-0.4, -0.2) is 42.3 Å². The van der Waals surface area contributed by atoms with E-state index < -0.39 is 5.60 Å². The van der Waals surface area contributed by atoms with E-state index in [4.69, 9.17) is 15.0 Å². The van der Waals surface area contributed by atoms with Gasteiger partial charge in [0, 0.05) is 30.6 Å². The minimum Gasteiger partial charge on any atom is -0.460 e. The summed E-state index contributed by atoms with van der Waals surface area (Å²) in [4.78, 5) is 17.1. The molecule has 0 bridgehead atoms. The van der Waals surface area contributed by atoms with Crippen LogP contribution in [0.15, 0.2) is 65.8 Å². The fraction of sp³-hybridized carbons (Fsp3) is 0.458. The standard InChI is InChI=1S/C24H32N4O3/c1-24(2,3)31-23(29)14-15-30-19-22(16-26-27-25)28(17-20-10-6-4-7-11-20)18-21-12-8-5-9-13-21/h4-13,22H,14-19H2,1-3H3. The minimum absolute atomic E-state index is 0.130. The van der Waals surface area contributed by atoms with Crippen LogP contribution in [0.5, 0.6) is 0 Å². The molecule has 0 heterocycles. The summed E-state index contributed by atoms with van der Waals surface area (Å²) in [6, 6.07) is 20.2. The summed E-state index contributed by atoms with van der Waals surface area (Å²) in [5, 5.41) is 3.81. The van der Waals surface area contributed by atoms with Gasteiger partial charge in [-0.05, 0) is 37.4 Å². The first kappa shape index (κ1) is 24.4. The average molecular weight is 425 g/mol. The van der Waals surface area contributed by atoms with Crippen LogP contribution >= 0.6 is 0 Å². The number of hydrogen-bond donors (Lipinski definition) is 0. The number of benzene rings is 2. The van der Waals surface area contributed by atoms with Gasteiger partial charge in [-0.3, -0.25) is 9.69 Å². The Balaban J connectivity index is 2.04. The molecule has 2 aromatic rings. The second kappa shape index (κ2) is 12.7. The van der Waals surface area contributed by atoms with Crippen molar-refractivity contribution in [2.75, 3.05) is 19.8 Å². The zero-order valence-corrected chi connectivity index (χ0v) is 18.6. The molecule has 7 heteroatoms. The van der Waals surface area contributed by atoms with E-state index in [0.717, 1.165) is 11.1 Å². The molecule has 0 N–H and O–H groups in total. The number of rotatable bonds is 12. The Bertz CT molecular complexity index is 789. The van der Waals surface area contributed by atoms with Crippen molar-refractivity contribution in [2.45, 2.75) is 51.9 Å². The van der Waals surface area contributed by atoms with Crippen molar-refractivity contribution in [1.29, 1.82) is 0 Å². The van der Waals surface area contributed by atoms with Crippen LogP contribution in [0.3, 0.4) is 0 Å². The number of ether oxygens (including phenoxy) is 2. The number of nitrogens with zero attached hydrogens (tertiary/aromatic N) is 4. The normalized spacial score (nSPS) is 12.3. The maximum absolute atomic E-state index is 11.9. The van der Waals surface area contributed by atoms with Crippen molar-refractivity contribution in [3.63, 3.8) is 0 Å². The molecular weight excluding hydrogens is 392 g/mol. The molecular formula is C24H32N4O3. The summed E-state index contributed by atoms with van der Waals surface area (Å²) in [6.07, 6.45) is 0.183. The van der Waals surface area contributed by atoms with Crippen LogP contribution in [0.25, 0.3) is 10.4 Å². The molecule has 0 saturated heterocycles. The molecule has 0 aliphatic heterocycles. The fourth-order valence-corrected chi connectivity index (χ4v) is 3.12. The Labute approximate surface area is 184 Å². The zero-order chi connectivity index (χ0) is 22.5. The SMILES string of the molecule is CC(C)(C)OC(=O)CCOCC(CN=[N+]=[N-])N(Cc1ccccc1)Cc1ccccc1. The van der Waals surface area contributed by atoms with Crippen LogP contribution in [0, 0.1) is 0 Å². The Morgan fingerprint density at radius 2 is 1.58 bits per heavy atom. The van der Waals surface area contributed by atoms with E-state index >= 15 is 0 Å². The molecule has 1 unspecified atom stereocenters. The van der Waals surface area contributed by atoms with Crippen LogP contribution < -0.4 is 0 Å². The van der Waals surface area contributed by atoms with E-state index in [2.05, 4.69) is 39.2 Å². The molecule has 2 rings (SSSR count). The lowest BCUT2D eigenvalue weighted by Crippen LogP contribution is -2.40. The van der Waals surface area contributed by atoms with Crippen LogP contribution in [0.2, 0.25) is 0 Å². The number of carbonyl (C=O) groups is 1. The molecule has 0 saturated carbocycles. The van der Waals surface area contributed by atoms with E-state index in [1.54, 1.807) is 0 Å². The second-order valence-electron chi connectivity index (χ2n) is 8.35. The summed E-state index contributed by atoms with van der Waals surface area (Å²) in [5.41, 5.74) is 10.7. The molecule has 0 spiro atoms. The largest absolute Gasteiger partial charge is 0.460 e. The van der Waals surface area contributed by atoms with Crippen molar-refractivity contribution >= 4 is 5.97 Å². The van der Waals surface area contributed by atoms with Gasteiger partial charge in [0.15, 0.2) is 0 Å². The van der Waals surface area contributed by atoms with Crippen molar-refractivity contribution in [1.82, 2.24) is 4.90 Å². The molecule has 0 aliphatic rings. The van der Waals surface area contributed by atoms with Gasteiger partial charge >= 0.3 is 5.97 Å². The topological polar surface area (TPSA) is 87.5 Å². The summed E-state index contributed by atoms with van der Waals surface area (Å²) in [7, 11) is 0. The first-order chi connectivity index (χ1) is 14.9. The van der Waals surface area contributed by atoms with Gasteiger partial charge < -0.3 is 9.47 Å². The summed E-state index contributed by atoms with van der Waals surface area (Å²) >= 11 is 0. The van der Waals surface area contributed by atoms with Gasteiger partial charge in [-0.25, -0.2) is 0 Å². The third-order valence-electron chi connectivity index (χ3n) is 4.51. The van der Waals surface area contributed by atoms with Crippen LogP contribution in [0.4, 0.5) is 0 Å². The number of azide groups is 1. The first-order valence-electron chi connectivity index (χ1n) is 10.5. The smallest absolute Gasteiger partial charge is 0.308 e. The Kier molecular flexibility index (Phi) is 10.0. The highest BCUT2D eigenvalue weighted by atomic mass is 16.6. The lowest BCUT2D eigenvalue weighted by atomic mass is 10.1. The third-order valence-corrected chi connectivity index (χ3v) is 4.51. The molecule has 0 aromatic heterocycles. The molecule has 2 aromatic carbocycles. The lowest BCUT2D eigenvalue weighted by Gasteiger charge is -2.31. The third kappa shape index (κ3) is 10.1. The predicted octanol–water partition coefficient (Wildman–Crippen LogP) is 5.12. The predicted molar refractivity (Wildman–Crippen MR) is 121 cm³/mol. The molecule has 0 amide bonds. The van der Waals surface area contributed by atoms with Crippen LogP contribution in [-0.2, 0) is 27.4 Å². The maximum atomic E-state index is 11.9. The number of esters is 1. The van der Waals surface area contributed by atoms with Gasteiger partial charge in [-0.1, -0.05) is 65.8 Å². The quantitative estimate of drug-likeness (QED) is 0.156. The van der Waals surface area contributed by atoms with E-state index in [1.807, 2.05) is 57.2 Å². The highest BCUT2D eigenvalue weighted by Crippen LogP contribution is 2.15. The molecule has 0 aliphatic carbocycles. The van der Waals surface area contributed by atoms with E-state index in [9.17, 15) is 4.79 Å². The summed E-state index contributed by atoms with van der Waals surface area (Å²) in [5.74, 6) is -0.287. The number of carbonyl (C=O) groups excluding carboxylic acids is 1. The van der Waals surface area contributed by atoms with Crippen molar-refractivity contribution < 1.29 is 14.3 Å². The monoisotopic (exact) mass is 424 g/mol. The Hall–Kier alpha value is -2.86. The van der Waals surface area contributed by atoms with Gasteiger partial charge in [0.2, 0.25) is 0 Å². The molecule has 0 radical (unpaired) electrons. The van der Waals surface area contributed by atoms with Crippen molar-refractivity contribution in [2.24, 2.45) is 5.11 Å². The summed E-state index contributed by atoms with van der Waals surface area (Å²) in [6.45, 7) is 7.79. The maximum Gasteiger partial charge on any atom is 0.308 e. The van der Waals surface area contributed by atoms with Gasteiger partial charge in [0.1, 0.15) is 5.60 Å².